The Labute approximate surface area is 141 Å². The van der Waals surface area contributed by atoms with Gasteiger partial charge in [0.05, 0.1) is 12.5 Å². The van der Waals surface area contributed by atoms with Crippen LogP contribution in [0.5, 0.6) is 0 Å². The third-order valence-corrected chi connectivity index (χ3v) is 4.26. The normalized spacial score (nSPS) is 15.6. The smallest absolute Gasteiger partial charge is 0.310 e. The zero-order valence-corrected chi connectivity index (χ0v) is 13.7. The molecule has 1 amide bonds. The first kappa shape index (κ1) is 16.2. The molecule has 0 aromatic heterocycles. The maximum Gasteiger partial charge on any atom is 0.310 e. The Balaban J connectivity index is 1.47. The molecule has 0 saturated heterocycles. The van der Waals surface area contributed by atoms with Crippen LogP contribution < -0.4 is 5.32 Å². The summed E-state index contributed by atoms with van der Waals surface area (Å²) < 4.78 is 5.09. The molecule has 1 aliphatic carbocycles. The predicted molar refractivity (Wildman–Crippen MR) is 91.5 cm³/mol. The summed E-state index contributed by atoms with van der Waals surface area (Å²) in [5.74, 6) is -0.642. The molecule has 4 heteroatoms. The van der Waals surface area contributed by atoms with Crippen LogP contribution in [0.25, 0.3) is 0 Å². The van der Waals surface area contributed by atoms with Gasteiger partial charge in [0.1, 0.15) is 0 Å². The highest BCUT2D eigenvalue weighted by molar-refractivity contribution is 5.81. The molecule has 1 atom stereocenters. The Morgan fingerprint density at radius 2 is 2.00 bits per heavy atom. The standard InChI is InChI=1S/C20H21NO3/c1-14-5-4-6-15(11-14)12-20(23)24-13-19(22)21-18-10-9-16-7-2-3-8-17(16)18/h2-8,11,18H,9-10,12-13H2,1H3,(H,21,22). The maximum atomic E-state index is 12.0. The quantitative estimate of drug-likeness (QED) is 0.861. The lowest BCUT2D eigenvalue weighted by Crippen LogP contribution is -2.31. The highest BCUT2D eigenvalue weighted by atomic mass is 16.5. The summed E-state index contributed by atoms with van der Waals surface area (Å²) in [4.78, 5) is 23.9. The largest absolute Gasteiger partial charge is 0.455 e. The van der Waals surface area contributed by atoms with Gasteiger partial charge in [0, 0.05) is 0 Å². The van der Waals surface area contributed by atoms with Crippen LogP contribution in [0.4, 0.5) is 0 Å². The molecule has 0 saturated carbocycles. The minimum atomic E-state index is -0.387. The monoisotopic (exact) mass is 323 g/mol. The highest BCUT2D eigenvalue weighted by Crippen LogP contribution is 2.30. The van der Waals surface area contributed by atoms with Crippen molar-refractivity contribution in [2.75, 3.05) is 6.61 Å². The number of fused-ring (bicyclic) bond motifs is 1. The molecule has 0 spiro atoms. The average molecular weight is 323 g/mol. The van der Waals surface area contributed by atoms with E-state index in [9.17, 15) is 9.59 Å². The first-order chi connectivity index (χ1) is 11.6. The summed E-state index contributed by atoms with van der Waals surface area (Å²) in [7, 11) is 0. The summed E-state index contributed by atoms with van der Waals surface area (Å²) in [5.41, 5.74) is 4.43. The number of aryl methyl sites for hydroxylation is 2. The second-order valence-corrected chi connectivity index (χ2v) is 6.18. The van der Waals surface area contributed by atoms with Crippen molar-refractivity contribution in [2.45, 2.75) is 32.2 Å². The molecule has 0 aliphatic heterocycles. The van der Waals surface area contributed by atoms with E-state index in [1.165, 1.54) is 5.56 Å². The number of nitrogens with one attached hydrogen (secondary N) is 1. The summed E-state index contributed by atoms with van der Waals surface area (Å²) in [5, 5.41) is 2.95. The Morgan fingerprint density at radius 1 is 1.17 bits per heavy atom. The molecule has 24 heavy (non-hydrogen) atoms. The fourth-order valence-corrected chi connectivity index (χ4v) is 3.13. The van der Waals surface area contributed by atoms with E-state index in [2.05, 4.69) is 11.4 Å². The van der Waals surface area contributed by atoms with Gasteiger partial charge in [0.15, 0.2) is 6.61 Å². The molecule has 1 aliphatic rings. The number of carbonyl (C=O) groups is 2. The predicted octanol–water partition coefficient (Wildman–Crippen LogP) is 2.88. The number of esters is 1. The third-order valence-electron chi connectivity index (χ3n) is 4.26. The van der Waals surface area contributed by atoms with Crippen LogP contribution in [0.1, 0.15) is 34.7 Å². The number of rotatable bonds is 5. The Bertz CT molecular complexity index is 754. The maximum absolute atomic E-state index is 12.0. The molecule has 4 nitrogen and oxygen atoms in total. The Morgan fingerprint density at radius 3 is 2.83 bits per heavy atom. The SMILES string of the molecule is Cc1cccc(CC(=O)OCC(=O)NC2CCc3ccccc32)c1. The van der Waals surface area contributed by atoms with E-state index < -0.39 is 0 Å². The fourth-order valence-electron chi connectivity index (χ4n) is 3.13. The van der Waals surface area contributed by atoms with Crippen molar-refractivity contribution in [3.05, 3.63) is 70.8 Å². The lowest BCUT2D eigenvalue weighted by atomic mass is 10.1. The molecule has 2 aromatic rings. The highest BCUT2D eigenvalue weighted by Gasteiger charge is 2.23. The van der Waals surface area contributed by atoms with E-state index in [1.54, 1.807) is 0 Å². The molecule has 2 aromatic carbocycles. The summed E-state index contributed by atoms with van der Waals surface area (Å²) >= 11 is 0. The zero-order chi connectivity index (χ0) is 16.9. The van der Waals surface area contributed by atoms with Gasteiger partial charge < -0.3 is 10.1 Å². The molecular weight excluding hydrogens is 302 g/mol. The number of benzene rings is 2. The minimum absolute atomic E-state index is 0.0178. The molecule has 3 rings (SSSR count). The van der Waals surface area contributed by atoms with E-state index in [1.807, 2.05) is 49.4 Å². The van der Waals surface area contributed by atoms with E-state index in [0.717, 1.165) is 29.5 Å². The molecule has 124 valence electrons. The molecule has 0 heterocycles. The van der Waals surface area contributed by atoms with Crippen LogP contribution in [0.2, 0.25) is 0 Å². The third kappa shape index (κ3) is 4.02. The fraction of sp³-hybridized carbons (Fsp3) is 0.300. The van der Waals surface area contributed by atoms with Gasteiger partial charge in [-0.25, -0.2) is 0 Å². The van der Waals surface area contributed by atoms with Gasteiger partial charge in [-0.3, -0.25) is 9.59 Å². The second kappa shape index (κ2) is 7.30. The van der Waals surface area contributed by atoms with Crippen LogP contribution in [-0.2, 0) is 27.2 Å². The van der Waals surface area contributed by atoms with Gasteiger partial charge in [-0.1, -0.05) is 54.1 Å². The van der Waals surface area contributed by atoms with Gasteiger partial charge in [-0.05, 0) is 36.5 Å². The van der Waals surface area contributed by atoms with Crippen molar-refractivity contribution in [3.63, 3.8) is 0 Å². The Hall–Kier alpha value is -2.62. The average Bonchev–Trinajstić information content (AvgIpc) is 2.96. The van der Waals surface area contributed by atoms with Gasteiger partial charge in [-0.2, -0.15) is 0 Å². The van der Waals surface area contributed by atoms with Crippen molar-refractivity contribution in [2.24, 2.45) is 0 Å². The van der Waals surface area contributed by atoms with Gasteiger partial charge >= 0.3 is 5.97 Å². The van der Waals surface area contributed by atoms with Crippen molar-refractivity contribution in [1.29, 1.82) is 0 Å². The van der Waals surface area contributed by atoms with Gasteiger partial charge in [0.25, 0.3) is 5.91 Å². The van der Waals surface area contributed by atoms with E-state index in [0.29, 0.717) is 0 Å². The van der Waals surface area contributed by atoms with Crippen LogP contribution in [0, 0.1) is 6.92 Å². The van der Waals surface area contributed by atoms with Gasteiger partial charge in [-0.15, -0.1) is 0 Å². The van der Waals surface area contributed by atoms with Crippen LogP contribution in [0.3, 0.4) is 0 Å². The van der Waals surface area contributed by atoms with Gasteiger partial charge in [0.2, 0.25) is 0 Å². The molecule has 1 N–H and O–H groups in total. The molecular formula is C20H21NO3. The summed E-state index contributed by atoms with van der Waals surface area (Å²) in [6.45, 7) is 1.74. The van der Waals surface area contributed by atoms with Crippen molar-refractivity contribution in [3.8, 4) is 0 Å². The number of carbonyl (C=O) groups excluding carboxylic acids is 2. The van der Waals surface area contributed by atoms with Crippen LogP contribution in [-0.4, -0.2) is 18.5 Å². The lowest BCUT2D eigenvalue weighted by Gasteiger charge is -2.14. The van der Waals surface area contributed by atoms with E-state index in [-0.39, 0.29) is 30.9 Å². The van der Waals surface area contributed by atoms with Crippen molar-refractivity contribution >= 4 is 11.9 Å². The topological polar surface area (TPSA) is 55.4 Å². The summed E-state index contributed by atoms with van der Waals surface area (Å²) in [6.07, 6.45) is 2.04. The van der Waals surface area contributed by atoms with E-state index in [4.69, 9.17) is 4.74 Å². The number of hydrogen-bond acceptors (Lipinski definition) is 3. The minimum Gasteiger partial charge on any atom is -0.455 e. The van der Waals surface area contributed by atoms with E-state index >= 15 is 0 Å². The van der Waals surface area contributed by atoms with Crippen LogP contribution >= 0.6 is 0 Å². The first-order valence-electron chi connectivity index (χ1n) is 8.20. The summed E-state index contributed by atoms with van der Waals surface area (Å²) in [6, 6.07) is 15.8. The van der Waals surface area contributed by atoms with Crippen molar-refractivity contribution in [1.82, 2.24) is 5.32 Å². The number of amides is 1. The molecule has 0 fully saturated rings. The zero-order valence-electron chi connectivity index (χ0n) is 13.7. The first-order valence-corrected chi connectivity index (χ1v) is 8.20. The second-order valence-electron chi connectivity index (χ2n) is 6.18. The molecule has 0 bridgehead atoms. The van der Waals surface area contributed by atoms with Crippen molar-refractivity contribution < 1.29 is 14.3 Å². The number of hydrogen-bond donors (Lipinski definition) is 1. The van der Waals surface area contributed by atoms with Crippen LogP contribution in [0.15, 0.2) is 48.5 Å². The molecule has 1 unspecified atom stereocenters. The number of ether oxygens (including phenoxy) is 1. The Kier molecular flexibility index (Phi) is 4.94. The lowest BCUT2D eigenvalue weighted by molar-refractivity contribution is -0.148. The molecule has 0 radical (unpaired) electrons.